The van der Waals surface area contributed by atoms with Gasteiger partial charge >= 0.3 is 0 Å². The van der Waals surface area contributed by atoms with Crippen molar-refractivity contribution in [2.24, 2.45) is 17.1 Å². The Morgan fingerprint density at radius 1 is 1.29 bits per heavy atom. The Morgan fingerprint density at radius 2 is 2.00 bits per heavy atom. The van der Waals surface area contributed by atoms with Crippen LogP contribution in [0, 0.1) is 11.3 Å². The van der Waals surface area contributed by atoms with Gasteiger partial charge in [-0.25, -0.2) is 0 Å². The van der Waals surface area contributed by atoms with Crippen molar-refractivity contribution in [2.45, 2.75) is 39.5 Å². The quantitative estimate of drug-likeness (QED) is 0.731. The zero-order valence-electron chi connectivity index (χ0n) is 15.3. The van der Waals surface area contributed by atoms with Crippen molar-refractivity contribution in [3.63, 3.8) is 0 Å². The molecule has 0 aromatic heterocycles. The maximum Gasteiger partial charge on any atom is 0.227 e. The summed E-state index contributed by atoms with van der Waals surface area (Å²) in [7, 11) is 0. The van der Waals surface area contributed by atoms with E-state index in [2.05, 4.69) is 54.4 Å². The van der Waals surface area contributed by atoms with E-state index in [0.29, 0.717) is 12.5 Å². The van der Waals surface area contributed by atoms with E-state index in [1.807, 2.05) is 0 Å². The molecule has 1 saturated heterocycles. The Hall–Kier alpha value is -1.39. The number of nitrogens with two attached hydrogens (primary N) is 1. The molecule has 1 heterocycles. The summed E-state index contributed by atoms with van der Waals surface area (Å²) in [4.78, 5) is 15.0. The minimum absolute atomic E-state index is 0.137. The maximum atomic E-state index is 12.5. The number of rotatable bonds is 9. The topological polar surface area (TPSA) is 58.4 Å². The highest BCUT2D eigenvalue weighted by Gasteiger charge is 2.33. The van der Waals surface area contributed by atoms with Gasteiger partial charge in [-0.05, 0) is 43.7 Å². The van der Waals surface area contributed by atoms with Crippen molar-refractivity contribution >= 4 is 5.91 Å². The number of amides is 1. The second-order valence-electron chi connectivity index (χ2n) is 7.09. The predicted octanol–water partition coefficient (Wildman–Crippen LogP) is 2.43. The first kappa shape index (κ1) is 18.9. The van der Waals surface area contributed by atoms with Crippen LogP contribution in [0.2, 0.25) is 0 Å². The minimum atomic E-state index is -0.383. The summed E-state index contributed by atoms with van der Waals surface area (Å²) >= 11 is 0. The van der Waals surface area contributed by atoms with Crippen LogP contribution in [-0.2, 0) is 11.2 Å². The summed E-state index contributed by atoms with van der Waals surface area (Å²) < 4.78 is 0. The number of carbonyl (C=O) groups excluding carboxylic acids is 1. The van der Waals surface area contributed by atoms with Crippen LogP contribution in [0.4, 0.5) is 0 Å². The summed E-state index contributed by atoms with van der Waals surface area (Å²) in [6, 6.07) is 10.6. The smallest absolute Gasteiger partial charge is 0.227 e. The molecule has 1 unspecified atom stereocenters. The molecule has 134 valence electrons. The fourth-order valence-electron chi connectivity index (χ4n) is 3.59. The third kappa shape index (κ3) is 4.81. The standard InChI is InChI=1S/C20H33N3O/c1-3-20(4-2,16-21)19(24)22-14-18-11-13-23(15-18)12-10-17-8-6-5-7-9-17/h5-9,18H,3-4,10-16,21H2,1-2H3,(H,22,24). The molecule has 3 N–H and O–H groups in total. The van der Waals surface area contributed by atoms with E-state index in [1.54, 1.807) is 0 Å². The van der Waals surface area contributed by atoms with Crippen LogP contribution in [0.3, 0.4) is 0 Å². The van der Waals surface area contributed by atoms with E-state index in [1.165, 1.54) is 12.0 Å². The van der Waals surface area contributed by atoms with Gasteiger partial charge in [-0.3, -0.25) is 4.79 Å². The molecule has 1 aliphatic rings. The van der Waals surface area contributed by atoms with Gasteiger partial charge in [0.05, 0.1) is 5.41 Å². The molecule has 4 heteroatoms. The Labute approximate surface area is 146 Å². The summed E-state index contributed by atoms with van der Waals surface area (Å²) in [5.41, 5.74) is 6.87. The van der Waals surface area contributed by atoms with Crippen molar-refractivity contribution < 1.29 is 4.79 Å². The first-order valence-corrected chi connectivity index (χ1v) is 9.38. The molecule has 1 amide bonds. The largest absolute Gasteiger partial charge is 0.355 e. The fraction of sp³-hybridized carbons (Fsp3) is 0.650. The van der Waals surface area contributed by atoms with Crippen molar-refractivity contribution in [3.05, 3.63) is 35.9 Å². The van der Waals surface area contributed by atoms with Gasteiger partial charge < -0.3 is 16.0 Å². The van der Waals surface area contributed by atoms with Gasteiger partial charge in [-0.15, -0.1) is 0 Å². The summed E-state index contributed by atoms with van der Waals surface area (Å²) in [5, 5.41) is 3.17. The molecule has 1 atom stereocenters. The van der Waals surface area contributed by atoms with Crippen molar-refractivity contribution in [2.75, 3.05) is 32.7 Å². The lowest BCUT2D eigenvalue weighted by Crippen LogP contribution is -2.46. The Bertz CT molecular complexity index is 491. The van der Waals surface area contributed by atoms with Gasteiger partial charge in [0.15, 0.2) is 0 Å². The lowest BCUT2D eigenvalue weighted by Gasteiger charge is -2.29. The normalized spacial score (nSPS) is 18.7. The third-order valence-electron chi connectivity index (χ3n) is 5.71. The highest BCUT2D eigenvalue weighted by molar-refractivity contribution is 5.82. The van der Waals surface area contributed by atoms with Crippen LogP contribution < -0.4 is 11.1 Å². The monoisotopic (exact) mass is 331 g/mol. The van der Waals surface area contributed by atoms with Crippen molar-refractivity contribution in [1.29, 1.82) is 0 Å². The minimum Gasteiger partial charge on any atom is -0.355 e. The number of likely N-dealkylation sites (tertiary alicyclic amines) is 1. The first-order valence-electron chi connectivity index (χ1n) is 9.38. The Morgan fingerprint density at radius 3 is 2.62 bits per heavy atom. The summed E-state index contributed by atoms with van der Waals surface area (Å²) in [6.07, 6.45) is 3.88. The van der Waals surface area contributed by atoms with Gasteiger partial charge in [0.2, 0.25) is 5.91 Å². The molecule has 0 spiro atoms. The fourth-order valence-corrected chi connectivity index (χ4v) is 3.59. The Balaban J connectivity index is 1.73. The average Bonchev–Trinajstić information content (AvgIpc) is 3.09. The highest BCUT2D eigenvalue weighted by atomic mass is 16.2. The van der Waals surface area contributed by atoms with E-state index in [9.17, 15) is 4.79 Å². The maximum absolute atomic E-state index is 12.5. The first-order chi connectivity index (χ1) is 11.6. The van der Waals surface area contributed by atoms with Crippen molar-refractivity contribution in [1.82, 2.24) is 10.2 Å². The SMILES string of the molecule is CCC(CC)(CN)C(=O)NCC1CCN(CCc2ccccc2)C1. The molecule has 0 bridgehead atoms. The number of benzene rings is 1. The summed E-state index contributed by atoms with van der Waals surface area (Å²) in [5.74, 6) is 0.701. The molecule has 1 aromatic rings. The molecular formula is C20H33N3O. The lowest BCUT2D eigenvalue weighted by molar-refractivity contribution is -0.131. The van der Waals surface area contributed by atoms with Crippen LogP contribution in [0.1, 0.15) is 38.7 Å². The second kappa shape index (κ2) is 9.19. The zero-order chi connectivity index (χ0) is 17.4. The molecule has 0 radical (unpaired) electrons. The number of hydrogen-bond donors (Lipinski definition) is 2. The second-order valence-corrected chi connectivity index (χ2v) is 7.09. The molecule has 2 rings (SSSR count). The molecule has 1 aliphatic heterocycles. The Kier molecular flexibility index (Phi) is 7.25. The summed E-state index contributed by atoms with van der Waals surface area (Å²) in [6.45, 7) is 8.64. The number of nitrogens with zero attached hydrogens (tertiary/aromatic N) is 1. The van der Waals surface area contributed by atoms with Crippen LogP contribution >= 0.6 is 0 Å². The molecular weight excluding hydrogens is 298 g/mol. The predicted molar refractivity (Wildman–Crippen MR) is 99.8 cm³/mol. The highest BCUT2D eigenvalue weighted by Crippen LogP contribution is 2.25. The van der Waals surface area contributed by atoms with Crippen LogP contribution in [0.15, 0.2) is 30.3 Å². The van der Waals surface area contributed by atoms with Gasteiger partial charge in [0.25, 0.3) is 0 Å². The number of nitrogens with one attached hydrogen (secondary N) is 1. The molecule has 1 aromatic carbocycles. The third-order valence-corrected chi connectivity index (χ3v) is 5.71. The van der Waals surface area contributed by atoms with E-state index in [-0.39, 0.29) is 11.3 Å². The van der Waals surface area contributed by atoms with Gasteiger partial charge in [-0.2, -0.15) is 0 Å². The van der Waals surface area contributed by atoms with Gasteiger partial charge in [-0.1, -0.05) is 44.2 Å². The van der Waals surface area contributed by atoms with E-state index in [4.69, 9.17) is 5.73 Å². The van der Waals surface area contributed by atoms with Gasteiger partial charge in [0.1, 0.15) is 0 Å². The van der Waals surface area contributed by atoms with Gasteiger partial charge in [0, 0.05) is 26.2 Å². The number of carbonyl (C=O) groups is 1. The van der Waals surface area contributed by atoms with E-state index in [0.717, 1.165) is 45.4 Å². The van der Waals surface area contributed by atoms with E-state index >= 15 is 0 Å². The van der Waals surface area contributed by atoms with Crippen LogP contribution in [-0.4, -0.2) is 43.5 Å². The molecule has 24 heavy (non-hydrogen) atoms. The lowest BCUT2D eigenvalue weighted by atomic mass is 9.81. The zero-order valence-corrected chi connectivity index (χ0v) is 15.3. The van der Waals surface area contributed by atoms with Crippen LogP contribution in [0.25, 0.3) is 0 Å². The van der Waals surface area contributed by atoms with E-state index < -0.39 is 0 Å². The number of hydrogen-bond acceptors (Lipinski definition) is 3. The molecule has 1 fully saturated rings. The molecule has 4 nitrogen and oxygen atoms in total. The molecule has 0 saturated carbocycles. The van der Waals surface area contributed by atoms with Crippen LogP contribution in [0.5, 0.6) is 0 Å². The average molecular weight is 332 g/mol. The molecule has 0 aliphatic carbocycles. The van der Waals surface area contributed by atoms with Crippen molar-refractivity contribution in [3.8, 4) is 0 Å².